The van der Waals surface area contributed by atoms with E-state index < -0.39 is 0 Å². The summed E-state index contributed by atoms with van der Waals surface area (Å²) < 4.78 is 0. The predicted molar refractivity (Wildman–Crippen MR) is 68.2 cm³/mol. The van der Waals surface area contributed by atoms with Gasteiger partial charge in [-0.25, -0.2) is 0 Å². The first kappa shape index (κ1) is 12.2. The lowest BCUT2D eigenvalue weighted by molar-refractivity contribution is -0.00772. The summed E-state index contributed by atoms with van der Waals surface area (Å²) in [6.07, 6.45) is 8.12. The predicted octanol–water partition coefficient (Wildman–Crippen LogP) is 3.78. The fourth-order valence-corrected chi connectivity index (χ4v) is 4.09. The Kier molecular flexibility index (Phi) is 3.44. The summed E-state index contributed by atoms with van der Waals surface area (Å²) in [7, 11) is 0. The van der Waals surface area contributed by atoms with Crippen LogP contribution in [-0.2, 0) is 0 Å². The van der Waals surface area contributed by atoms with Crippen molar-refractivity contribution < 1.29 is 5.11 Å². The van der Waals surface area contributed by atoms with Crippen molar-refractivity contribution in [2.75, 3.05) is 6.61 Å². The number of hydrogen-bond donors (Lipinski definition) is 1. The maximum Gasteiger partial charge on any atom is 0.0641 e. The zero-order valence-corrected chi connectivity index (χ0v) is 10.8. The largest absolute Gasteiger partial charge is 0.392 e. The fraction of sp³-hybridized carbons (Fsp3) is 0.867. The second-order valence-corrected chi connectivity index (χ2v) is 6.33. The van der Waals surface area contributed by atoms with Gasteiger partial charge in [-0.05, 0) is 54.4 Å². The van der Waals surface area contributed by atoms with Crippen LogP contribution in [0, 0.1) is 23.2 Å². The lowest BCUT2D eigenvalue weighted by Crippen LogP contribution is -2.42. The molecular weight excluding hydrogens is 196 g/mol. The van der Waals surface area contributed by atoms with Crippen LogP contribution in [0.2, 0.25) is 0 Å². The molecule has 92 valence electrons. The van der Waals surface area contributed by atoms with Crippen LogP contribution in [0.15, 0.2) is 12.2 Å². The maximum absolute atomic E-state index is 9.23. The van der Waals surface area contributed by atoms with Gasteiger partial charge in [-0.1, -0.05) is 33.3 Å². The Bertz CT molecular complexity index is 271. The molecule has 0 radical (unpaired) electrons. The summed E-state index contributed by atoms with van der Waals surface area (Å²) in [5.41, 5.74) is 1.58. The van der Waals surface area contributed by atoms with Crippen LogP contribution in [0.5, 0.6) is 0 Å². The van der Waals surface area contributed by atoms with Gasteiger partial charge in [0.2, 0.25) is 0 Å². The van der Waals surface area contributed by atoms with E-state index in [0.29, 0.717) is 11.3 Å². The van der Waals surface area contributed by atoms with E-state index in [4.69, 9.17) is 0 Å². The lowest BCUT2D eigenvalue weighted by atomic mass is 9.53. The molecule has 0 aliphatic heterocycles. The van der Waals surface area contributed by atoms with Crippen LogP contribution < -0.4 is 0 Å². The molecule has 1 N–H and O–H groups in total. The van der Waals surface area contributed by atoms with E-state index in [1.165, 1.54) is 38.5 Å². The molecule has 0 aromatic carbocycles. The second kappa shape index (κ2) is 4.52. The third-order valence-corrected chi connectivity index (χ3v) is 5.58. The molecule has 2 rings (SSSR count). The molecule has 0 spiro atoms. The highest BCUT2D eigenvalue weighted by Crippen LogP contribution is 2.55. The van der Waals surface area contributed by atoms with Crippen LogP contribution >= 0.6 is 0 Å². The van der Waals surface area contributed by atoms with Gasteiger partial charge in [0.05, 0.1) is 6.61 Å². The first-order chi connectivity index (χ1) is 7.58. The van der Waals surface area contributed by atoms with Gasteiger partial charge in [0.15, 0.2) is 0 Å². The van der Waals surface area contributed by atoms with E-state index in [1.54, 1.807) is 0 Å². The standard InChI is InChI=1S/C15H26O/c1-11(10-16)13-7-8-14-6-4-5-12(2)15(14,3)9-13/h12-14,16H,1,4-10H2,2-3H3. The number of fused-ring (bicyclic) bond motifs is 1. The van der Waals surface area contributed by atoms with Crippen LogP contribution in [0.4, 0.5) is 0 Å². The Hall–Kier alpha value is -0.300. The van der Waals surface area contributed by atoms with Gasteiger partial charge >= 0.3 is 0 Å². The molecule has 0 bridgehead atoms. The molecule has 16 heavy (non-hydrogen) atoms. The van der Waals surface area contributed by atoms with E-state index in [-0.39, 0.29) is 6.61 Å². The summed E-state index contributed by atoms with van der Waals surface area (Å²) in [6.45, 7) is 9.13. The van der Waals surface area contributed by atoms with Gasteiger partial charge in [-0.15, -0.1) is 0 Å². The van der Waals surface area contributed by atoms with Crippen LogP contribution in [0.25, 0.3) is 0 Å². The van der Waals surface area contributed by atoms with E-state index in [0.717, 1.165) is 17.4 Å². The molecule has 0 saturated heterocycles. The van der Waals surface area contributed by atoms with Gasteiger partial charge in [-0.3, -0.25) is 0 Å². The minimum atomic E-state index is 0.180. The molecule has 0 aromatic rings. The Morgan fingerprint density at radius 1 is 1.31 bits per heavy atom. The Labute approximate surface area is 99.9 Å². The molecule has 2 aliphatic rings. The quantitative estimate of drug-likeness (QED) is 0.705. The minimum absolute atomic E-state index is 0.180. The van der Waals surface area contributed by atoms with Crippen molar-refractivity contribution >= 4 is 0 Å². The summed E-state index contributed by atoms with van der Waals surface area (Å²) in [4.78, 5) is 0. The van der Waals surface area contributed by atoms with Crippen molar-refractivity contribution in [3.63, 3.8) is 0 Å². The smallest absolute Gasteiger partial charge is 0.0641 e. The van der Waals surface area contributed by atoms with Gasteiger partial charge in [0, 0.05) is 0 Å². The van der Waals surface area contributed by atoms with Crippen molar-refractivity contribution in [3.05, 3.63) is 12.2 Å². The van der Waals surface area contributed by atoms with E-state index >= 15 is 0 Å². The van der Waals surface area contributed by atoms with Crippen molar-refractivity contribution in [3.8, 4) is 0 Å². The second-order valence-electron chi connectivity index (χ2n) is 6.33. The molecule has 2 fully saturated rings. The topological polar surface area (TPSA) is 20.2 Å². The Morgan fingerprint density at radius 2 is 2.06 bits per heavy atom. The van der Waals surface area contributed by atoms with Crippen molar-refractivity contribution in [1.29, 1.82) is 0 Å². The number of hydrogen-bond acceptors (Lipinski definition) is 1. The third kappa shape index (κ3) is 1.95. The highest BCUT2D eigenvalue weighted by Gasteiger charge is 2.45. The molecule has 2 aliphatic carbocycles. The normalized spacial score (nSPS) is 43.8. The fourth-order valence-electron chi connectivity index (χ4n) is 4.09. The molecule has 0 aromatic heterocycles. The zero-order chi connectivity index (χ0) is 11.8. The van der Waals surface area contributed by atoms with Crippen molar-refractivity contribution in [2.24, 2.45) is 23.2 Å². The monoisotopic (exact) mass is 222 g/mol. The summed E-state index contributed by atoms with van der Waals surface area (Å²) in [5, 5.41) is 9.23. The molecule has 1 heteroatoms. The molecule has 0 heterocycles. The molecule has 1 nitrogen and oxygen atoms in total. The molecule has 2 saturated carbocycles. The number of aliphatic hydroxyl groups is 1. The molecular formula is C15H26O. The minimum Gasteiger partial charge on any atom is -0.392 e. The van der Waals surface area contributed by atoms with Crippen LogP contribution in [0.1, 0.15) is 52.4 Å². The van der Waals surface area contributed by atoms with Crippen molar-refractivity contribution in [2.45, 2.75) is 52.4 Å². The number of aliphatic hydroxyl groups excluding tert-OH is 1. The highest BCUT2D eigenvalue weighted by atomic mass is 16.3. The van der Waals surface area contributed by atoms with Gasteiger partial charge in [0.1, 0.15) is 0 Å². The summed E-state index contributed by atoms with van der Waals surface area (Å²) in [6, 6.07) is 0. The molecule has 4 atom stereocenters. The maximum atomic E-state index is 9.23. The lowest BCUT2D eigenvalue weighted by Gasteiger charge is -2.52. The Morgan fingerprint density at radius 3 is 2.75 bits per heavy atom. The highest BCUT2D eigenvalue weighted by molar-refractivity contribution is 5.07. The van der Waals surface area contributed by atoms with E-state index in [9.17, 15) is 5.11 Å². The first-order valence-electron chi connectivity index (χ1n) is 6.86. The average molecular weight is 222 g/mol. The molecule has 4 unspecified atom stereocenters. The van der Waals surface area contributed by atoms with Gasteiger partial charge in [-0.2, -0.15) is 0 Å². The van der Waals surface area contributed by atoms with Crippen molar-refractivity contribution in [1.82, 2.24) is 0 Å². The van der Waals surface area contributed by atoms with Crippen LogP contribution in [0.3, 0.4) is 0 Å². The average Bonchev–Trinajstić information content (AvgIpc) is 2.29. The SMILES string of the molecule is C=C(CO)C1CCC2CCCC(C)C2(C)C1. The van der Waals surface area contributed by atoms with Gasteiger partial charge < -0.3 is 5.11 Å². The summed E-state index contributed by atoms with van der Waals surface area (Å²) in [5.74, 6) is 2.35. The summed E-state index contributed by atoms with van der Waals surface area (Å²) >= 11 is 0. The Balaban J connectivity index is 2.11. The number of rotatable bonds is 2. The van der Waals surface area contributed by atoms with Gasteiger partial charge in [0.25, 0.3) is 0 Å². The van der Waals surface area contributed by atoms with E-state index in [1.807, 2.05) is 0 Å². The zero-order valence-electron chi connectivity index (χ0n) is 10.8. The van der Waals surface area contributed by atoms with E-state index in [2.05, 4.69) is 20.4 Å². The molecule has 0 amide bonds. The van der Waals surface area contributed by atoms with Crippen LogP contribution in [-0.4, -0.2) is 11.7 Å². The third-order valence-electron chi connectivity index (χ3n) is 5.58. The first-order valence-corrected chi connectivity index (χ1v) is 6.86.